The summed E-state index contributed by atoms with van der Waals surface area (Å²) in [6, 6.07) is 11.3. The molecule has 0 spiro atoms. The molecule has 0 saturated carbocycles. The van der Waals surface area contributed by atoms with E-state index < -0.39 is 10.0 Å². The van der Waals surface area contributed by atoms with Crippen molar-refractivity contribution in [2.45, 2.75) is 30.2 Å². The Morgan fingerprint density at radius 3 is 2.42 bits per heavy atom. The lowest BCUT2D eigenvalue weighted by atomic mass is 10.0. The Kier molecular flexibility index (Phi) is 9.18. The lowest BCUT2D eigenvalue weighted by molar-refractivity contribution is -0.131. The summed E-state index contributed by atoms with van der Waals surface area (Å²) in [7, 11) is -2.09. The van der Waals surface area contributed by atoms with E-state index >= 15 is 0 Å². The molecular weight excluding hydrogens is 481 g/mol. The summed E-state index contributed by atoms with van der Waals surface area (Å²) in [6.07, 6.45) is 2.40. The van der Waals surface area contributed by atoms with Crippen molar-refractivity contribution >= 4 is 51.5 Å². The summed E-state index contributed by atoms with van der Waals surface area (Å²) in [6.45, 7) is 2.54. The molecule has 31 heavy (non-hydrogen) atoms. The standard InChI is InChI=1S/C21H25Cl2N3O3S.ClH/c1-25(21(27)12-15-7-8-18(22)19(23)11-15)20(14-26-9-2-3-10-26)16-5-4-6-17(13-16)30(24,28)29;/h4-8,11,13,20H,2-3,9-10,12,14H2,1H3,(H2,24,28,29);1H. The summed E-state index contributed by atoms with van der Waals surface area (Å²) in [5, 5.41) is 6.15. The Bertz CT molecular complexity index is 1030. The normalized spacial score (nSPS) is 15.4. The number of carbonyl (C=O) groups excluding carboxylic acids is 1. The van der Waals surface area contributed by atoms with Gasteiger partial charge >= 0.3 is 0 Å². The molecule has 0 aromatic heterocycles. The van der Waals surface area contributed by atoms with Crippen LogP contribution in [0.5, 0.6) is 0 Å². The predicted octanol–water partition coefficient (Wildman–Crippen LogP) is 3.90. The Morgan fingerprint density at radius 2 is 1.81 bits per heavy atom. The third kappa shape index (κ3) is 6.81. The fraction of sp³-hybridized carbons (Fsp3) is 0.381. The highest BCUT2D eigenvalue weighted by molar-refractivity contribution is 7.89. The maximum Gasteiger partial charge on any atom is 0.238 e. The SMILES string of the molecule is CN(C(=O)Cc1ccc(Cl)c(Cl)c1)C(CN1CCCC1)c1cccc(S(N)(=O)=O)c1.Cl. The molecule has 1 aliphatic heterocycles. The van der Waals surface area contributed by atoms with Gasteiger partial charge in [0, 0.05) is 13.6 Å². The highest BCUT2D eigenvalue weighted by Gasteiger charge is 2.26. The van der Waals surface area contributed by atoms with Crippen molar-refractivity contribution < 1.29 is 13.2 Å². The van der Waals surface area contributed by atoms with Crippen LogP contribution in [0.3, 0.4) is 0 Å². The fourth-order valence-electron chi connectivity index (χ4n) is 3.68. The average Bonchev–Trinajstić information content (AvgIpc) is 3.21. The summed E-state index contributed by atoms with van der Waals surface area (Å²) in [4.78, 5) is 17.1. The summed E-state index contributed by atoms with van der Waals surface area (Å²) < 4.78 is 23.6. The number of sulfonamides is 1. The number of halogens is 3. The number of likely N-dealkylation sites (tertiary alicyclic amines) is 1. The van der Waals surface area contributed by atoms with Crippen LogP contribution in [0.2, 0.25) is 10.0 Å². The van der Waals surface area contributed by atoms with Crippen molar-refractivity contribution in [3.63, 3.8) is 0 Å². The molecule has 1 saturated heterocycles. The molecular formula is C21H26Cl3N3O3S. The molecule has 6 nitrogen and oxygen atoms in total. The third-order valence-corrected chi connectivity index (χ3v) is 7.05. The molecule has 0 bridgehead atoms. The largest absolute Gasteiger partial charge is 0.337 e. The van der Waals surface area contributed by atoms with E-state index in [-0.39, 0.29) is 35.7 Å². The minimum Gasteiger partial charge on any atom is -0.337 e. The number of likely N-dealkylation sites (N-methyl/N-ethyl adjacent to an activating group) is 1. The number of rotatable bonds is 7. The smallest absolute Gasteiger partial charge is 0.238 e. The molecule has 1 atom stereocenters. The Hall–Kier alpha value is -1.35. The number of hydrogen-bond donors (Lipinski definition) is 1. The maximum absolute atomic E-state index is 13.1. The maximum atomic E-state index is 13.1. The van der Waals surface area contributed by atoms with Crippen LogP contribution in [-0.2, 0) is 21.2 Å². The Balaban J connectivity index is 0.00000341. The zero-order chi connectivity index (χ0) is 21.9. The number of carbonyl (C=O) groups is 1. The van der Waals surface area contributed by atoms with Crippen LogP contribution < -0.4 is 5.14 Å². The van der Waals surface area contributed by atoms with Gasteiger partial charge in [0.2, 0.25) is 15.9 Å². The Morgan fingerprint density at radius 1 is 1.13 bits per heavy atom. The lowest BCUT2D eigenvalue weighted by Gasteiger charge is -2.32. The lowest BCUT2D eigenvalue weighted by Crippen LogP contribution is -2.39. The zero-order valence-corrected chi connectivity index (χ0v) is 20.3. The van der Waals surface area contributed by atoms with Gasteiger partial charge in [-0.1, -0.05) is 41.4 Å². The molecule has 0 radical (unpaired) electrons. The van der Waals surface area contributed by atoms with E-state index in [0.29, 0.717) is 16.6 Å². The van der Waals surface area contributed by atoms with Gasteiger partial charge in [0.15, 0.2) is 0 Å². The van der Waals surface area contributed by atoms with Crippen LogP contribution in [0.1, 0.15) is 30.0 Å². The van der Waals surface area contributed by atoms with Gasteiger partial charge < -0.3 is 9.80 Å². The molecule has 3 rings (SSSR count). The summed E-state index contributed by atoms with van der Waals surface area (Å²) >= 11 is 12.0. The summed E-state index contributed by atoms with van der Waals surface area (Å²) in [5.74, 6) is -0.0985. The van der Waals surface area contributed by atoms with Gasteiger partial charge in [-0.3, -0.25) is 4.79 Å². The number of nitrogens with two attached hydrogens (primary N) is 1. The van der Waals surface area contributed by atoms with Gasteiger partial charge in [-0.25, -0.2) is 13.6 Å². The highest BCUT2D eigenvalue weighted by Crippen LogP contribution is 2.27. The van der Waals surface area contributed by atoms with Crippen LogP contribution >= 0.6 is 35.6 Å². The molecule has 0 aliphatic carbocycles. The van der Waals surface area contributed by atoms with Crippen LogP contribution in [-0.4, -0.2) is 50.8 Å². The molecule has 170 valence electrons. The van der Waals surface area contributed by atoms with Gasteiger partial charge in [-0.2, -0.15) is 0 Å². The van der Waals surface area contributed by atoms with Crippen LogP contribution in [0.25, 0.3) is 0 Å². The minimum absolute atomic E-state index is 0. The summed E-state index contributed by atoms with van der Waals surface area (Å²) in [5.41, 5.74) is 1.50. The molecule has 2 aromatic carbocycles. The first-order chi connectivity index (χ1) is 14.1. The predicted molar refractivity (Wildman–Crippen MR) is 126 cm³/mol. The number of hydrogen-bond acceptors (Lipinski definition) is 4. The fourth-order valence-corrected chi connectivity index (χ4v) is 4.57. The topological polar surface area (TPSA) is 83.7 Å². The number of benzene rings is 2. The number of amides is 1. The van der Waals surface area contributed by atoms with E-state index in [2.05, 4.69) is 4.90 Å². The molecule has 2 aromatic rings. The van der Waals surface area contributed by atoms with Crippen LogP contribution in [0.4, 0.5) is 0 Å². The van der Waals surface area contributed by atoms with Crippen LogP contribution in [0.15, 0.2) is 47.4 Å². The van der Waals surface area contributed by atoms with Crippen molar-refractivity contribution in [1.29, 1.82) is 0 Å². The van der Waals surface area contributed by atoms with E-state index in [4.69, 9.17) is 28.3 Å². The van der Waals surface area contributed by atoms with Gasteiger partial charge in [0.25, 0.3) is 0 Å². The van der Waals surface area contributed by atoms with Gasteiger partial charge in [-0.15, -0.1) is 12.4 Å². The zero-order valence-electron chi connectivity index (χ0n) is 17.1. The van der Waals surface area contributed by atoms with Gasteiger partial charge in [-0.05, 0) is 61.3 Å². The monoisotopic (exact) mass is 505 g/mol. The molecule has 1 aliphatic rings. The second-order valence-electron chi connectivity index (χ2n) is 7.57. The van der Waals surface area contributed by atoms with Crippen molar-refractivity contribution in [2.75, 3.05) is 26.7 Å². The van der Waals surface area contributed by atoms with Crippen molar-refractivity contribution in [3.05, 3.63) is 63.6 Å². The molecule has 1 fully saturated rings. The van der Waals surface area contributed by atoms with E-state index in [0.717, 1.165) is 37.1 Å². The average molecular weight is 507 g/mol. The number of primary sulfonamides is 1. The Labute approximate surface area is 199 Å². The molecule has 1 amide bonds. The highest BCUT2D eigenvalue weighted by atomic mass is 35.5. The second-order valence-corrected chi connectivity index (χ2v) is 9.95. The molecule has 2 N–H and O–H groups in total. The van der Waals surface area contributed by atoms with E-state index in [1.54, 1.807) is 42.3 Å². The van der Waals surface area contributed by atoms with Crippen molar-refractivity contribution in [2.24, 2.45) is 5.14 Å². The molecule has 10 heteroatoms. The van der Waals surface area contributed by atoms with Gasteiger partial charge in [0.05, 0.1) is 27.4 Å². The van der Waals surface area contributed by atoms with E-state index in [1.807, 2.05) is 6.07 Å². The minimum atomic E-state index is -3.83. The molecule has 1 heterocycles. The van der Waals surface area contributed by atoms with Crippen molar-refractivity contribution in [1.82, 2.24) is 9.80 Å². The second kappa shape index (κ2) is 11.0. The van der Waals surface area contributed by atoms with Gasteiger partial charge in [0.1, 0.15) is 0 Å². The van der Waals surface area contributed by atoms with E-state index in [9.17, 15) is 13.2 Å². The van der Waals surface area contributed by atoms with Crippen molar-refractivity contribution in [3.8, 4) is 0 Å². The first-order valence-corrected chi connectivity index (χ1v) is 12.0. The molecule has 1 unspecified atom stereocenters. The quantitative estimate of drug-likeness (QED) is 0.617. The first-order valence-electron chi connectivity index (χ1n) is 9.70. The first kappa shape index (κ1) is 25.9. The van der Waals surface area contributed by atoms with E-state index in [1.165, 1.54) is 6.07 Å². The van der Waals surface area contributed by atoms with Crippen LogP contribution in [0, 0.1) is 0 Å². The number of nitrogens with zero attached hydrogens (tertiary/aromatic N) is 2. The third-order valence-electron chi connectivity index (χ3n) is 5.40.